The molecule has 0 saturated carbocycles. The molecule has 1 heterocycles. The first-order valence-corrected chi connectivity index (χ1v) is 6.25. The van der Waals surface area contributed by atoms with Crippen LogP contribution in [0.5, 0.6) is 5.75 Å². The van der Waals surface area contributed by atoms with E-state index in [1.54, 1.807) is 23.7 Å². The predicted molar refractivity (Wildman–Crippen MR) is 70.2 cm³/mol. The maximum Gasteiger partial charge on any atom is 0.422 e. The molecule has 114 valence electrons. The van der Waals surface area contributed by atoms with Crippen molar-refractivity contribution in [1.29, 1.82) is 0 Å². The summed E-state index contributed by atoms with van der Waals surface area (Å²) >= 11 is 0. The molecule has 0 bridgehead atoms. The third kappa shape index (κ3) is 3.72. The van der Waals surface area contributed by atoms with Crippen LogP contribution >= 0.6 is 0 Å². The molecule has 2 N–H and O–H groups in total. The van der Waals surface area contributed by atoms with Gasteiger partial charge in [-0.3, -0.25) is 0 Å². The van der Waals surface area contributed by atoms with E-state index in [-0.39, 0.29) is 11.8 Å². The second-order valence-electron chi connectivity index (χ2n) is 4.66. The summed E-state index contributed by atoms with van der Waals surface area (Å²) in [6, 6.07) is 5.88. The molecule has 0 aliphatic heterocycles. The smallest absolute Gasteiger partial charge is 0.422 e. The maximum atomic E-state index is 12.1. The lowest BCUT2D eigenvalue weighted by molar-refractivity contribution is -0.153. The Morgan fingerprint density at radius 3 is 2.38 bits per heavy atom. The quantitative estimate of drug-likeness (QED) is 0.942. The Labute approximate surface area is 119 Å². The van der Waals surface area contributed by atoms with Crippen LogP contribution in [0.2, 0.25) is 0 Å². The van der Waals surface area contributed by atoms with Crippen LogP contribution in [0.25, 0.3) is 5.69 Å². The van der Waals surface area contributed by atoms with Gasteiger partial charge < -0.3 is 10.5 Å². The molecule has 1 aromatic heterocycles. The first kappa shape index (κ1) is 15.3. The minimum absolute atomic E-state index is 0.140. The SMILES string of the molecule is Cc1c(C(C)N)nnn1-c1ccc(OCC(F)(F)F)cc1. The lowest BCUT2D eigenvalue weighted by Crippen LogP contribution is -2.19. The normalized spacial score (nSPS) is 13.2. The molecule has 0 amide bonds. The molecule has 1 atom stereocenters. The standard InChI is InChI=1S/C13H15F3N4O/c1-8(17)12-9(2)20(19-18-12)10-3-5-11(6-4-10)21-7-13(14,15)16/h3-6,8H,7,17H2,1-2H3. The maximum absolute atomic E-state index is 12.1. The summed E-state index contributed by atoms with van der Waals surface area (Å²) in [5, 5.41) is 7.98. The van der Waals surface area contributed by atoms with E-state index in [4.69, 9.17) is 5.73 Å². The average molecular weight is 300 g/mol. The highest BCUT2D eigenvalue weighted by Crippen LogP contribution is 2.21. The topological polar surface area (TPSA) is 66.0 Å². The van der Waals surface area contributed by atoms with Crippen molar-refractivity contribution in [2.45, 2.75) is 26.1 Å². The molecule has 0 saturated heterocycles. The first-order valence-electron chi connectivity index (χ1n) is 6.25. The Bertz CT molecular complexity index is 605. The van der Waals surface area contributed by atoms with E-state index >= 15 is 0 Å². The zero-order chi connectivity index (χ0) is 15.6. The molecular weight excluding hydrogens is 285 g/mol. The summed E-state index contributed by atoms with van der Waals surface area (Å²) in [4.78, 5) is 0. The van der Waals surface area contributed by atoms with Crippen LogP contribution in [-0.4, -0.2) is 27.8 Å². The number of hydrogen-bond acceptors (Lipinski definition) is 4. The number of nitrogens with two attached hydrogens (primary N) is 1. The predicted octanol–water partition coefficient (Wildman–Crippen LogP) is 2.54. The van der Waals surface area contributed by atoms with Gasteiger partial charge in [0.1, 0.15) is 11.4 Å². The van der Waals surface area contributed by atoms with Gasteiger partial charge in [-0.05, 0) is 38.1 Å². The summed E-state index contributed by atoms with van der Waals surface area (Å²) in [6.07, 6.45) is -4.35. The van der Waals surface area contributed by atoms with Crippen molar-refractivity contribution in [2.75, 3.05) is 6.61 Å². The van der Waals surface area contributed by atoms with E-state index in [9.17, 15) is 13.2 Å². The highest BCUT2D eigenvalue weighted by atomic mass is 19.4. The van der Waals surface area contributed by atoms with Gasteiger partial charge in [-0.1, -0.05) is 5.21 Å². The second kappa shape index (κ2) is 5.72. The second-order valence-corrected chi connectivity index (χ2v) is 4.66. The van der Waals surface area contributed by atoms with Crippen LogP contribution in [0.4, 0.5) is 13.2 Å². The van der Waals surface area contributed by atoms with Gasteiger partial charge in [-0.2, -0.15) is 13.2 Å². The number of nitrogens with zero attached hydrogens (tertiary/aromatic N) is 3. The van der Waals surface area contributed by atoms with E-state index in [2.05, 4.69) is 15.0 Å². The van der Waals surface area contributed by atoms with Gasteiger partial charge in [0.25, 0.3) is 0 Å². The molecule has 2 rings (SSSR count). The van der Waals surface area contributed by atoms with E-state index < -0.39 is 12.8 Å². The third-order valence-corrected chi connectivity index (χ3v) is 2.85. The number of rotatable bonds is 4. The molecule has 8 heteroatoms. The summed E-state index contributed by atoms with van der Waals surface area (Å²) in [5.41, 5.74) is 7.90. The largest absolute Gasteiger partial charge is 0.484 e. The summed E-state index contributed by atoms with van der Waals surface area (Å²) in [6.45, 7) is 2.31. The van der Waals surface area contributed by atoms with Crippen molar-refractivity contribution in [2.24, 2.45) is 5.73 Å². The van der Waals surface area contributed by atoms with Crippen molar-refractivity contribution in [1.82, 2.24) is 15.0 Å². The number of ether oxygens (including phenoxy) is 1. The van der Waals surface area contributed by atoms with E-state index in [0.29, 0.717) is 11.4 Å². The minimum atomic E-state index is -4.35. The van der Waals surface area contributed by atoms with Crippen molar-refractivity contribution < 1.29 is 17.9 Å². The lowest BCUT2D eigenvalue weighted by Gasteiger charge is -2.10. The lowest BCUT2D eigenvalue weighted by atomic mass is 10.2. The Hall–Kier alpha value is -2.09. The number of alkyl halides is 3. The van der Waals surface area contributed by atoms with Gasteiger partial charge in [-0.15, -0.1) is 5.10 Å². The van der Waals surface area contributed by atoms with Crippen molar-refractivity contribution >= 4 is 0 Å². The molecule has 0 aliphatic rings. The van der Waals surface area contributed by atoms with Crippen molar-refractivity contribution in [3.63, 3.8) is 0 Å². The Morgan fingerprint density at radius 2 is 1.90 bits per heavy atom. The molecule has 2 aromatic rings. The van der Waals surface area contributed by atoms with Crippen LogP contribution < -0.4 is 10.5 Å². The molecule has 21 heavy (non-hydrogen) atoms. The molecule has 1 unspecified atom stereocenters. The van der Waals surface area contributed by atoms with Crippen molar-refractivity contribution in [3.8, 4) is 11.4 Å². The van der Waals surface area contributed by atoms with Crippen molar-refractivity contribution in [3.05, 3.63) is 35.7 Å². The fraction of sp³-hybridized carbons (Fsp3) is 0.385. The zero-order valence-electron chi connectivity index (χ0n) is 11.6. The van der Waals surface area contributed by atoms with Gasteiger partial charge in [0.15, 0.2) is 6.61 Å². The summed E-state index contributed by atoms with van der Waals surface area (Å²) in [7, 11) is 0. The van der Waals surface area contributed by atoms with Crippen LogP contribution in [0.3, 0.4) is 0 Å². The minimum Gasteiger partial charge on any atom is -0.484 e. The third-order valence-electron chi connectivity index (χ3n) is 2.85. The van der Waals surface area contributed by atoms with Crippen LogP contribution in [0.15, 0.2) is 24.3 Å². The van der Waals surface area contributed by atoms with Crippen LogP contribution in [0.1, 0.15) is 24.4 Å². The number of hydrogen-bond donors (Lipinski definition) is 1. The molecule has 0 aliphatic carbocycles. The number of halogens is 3. The highest BCUT2D eigenvalue weighted by Gasteiger charge is 2.28. The van der Waals surface area contributed by atoms with E-state index in [1.807, 2.05) is 6.92 Å². The van der Waals surface area contributed by atoms with Gasteiger partial charge in [0.05, 0.1) is 11.4 Å². The summed E-state index contributed by atoms with van der Waals surface area (Å²) in [5.74, 6) is 0.140. The van der Waals surface area contributed by atoms with Crippen LogP contribution in [0, 0.1) is 6.92 Å². The molecule has 0 spiro atoms. The molecule has 0 radical (unpaired) electrons. The van der Waals surface area contributed by atoms with Gasteiger partial charge >= 0.3 is 6.18 Å². The Morgan fingerprint density at radius 1 is 1.29 bits per heavy atom. The highest BCUT2D eigenvalue weighted by molar-refractivity contribution is 5.38. The average Bonchev–Trinajstić information content (AvgIpc) is 2.78. The first-order chi connectivity index (χ1) is 9.78. The van der Waals surface area contributed by atoms with Gasteiger partial charge in [0, 0.05) is 6.04 Å². The summed E-state index contributed by atoms with van der Waals surface area (Å²) < 4.78 is 42.4. The fourth-order valence-electron chi connectivity index (χ4n) is 1.86. The Balaban J connectivity index is 2.16. The number of aromatic nitrogens is 3. The van der Waals surface area contributed by atoms with Gasteiger partial charge in [0.2, 0.25) is 0 Å². The molecular formula is C13H15F3N4O. The monoisotopic (exact) mass is 300 g/mol. The van der Waals surface area contributed by atoms with E-state index in [1.165, 1.54) is 12.1 Å². The van der Waals surface area contributed by atoms with Crippen LogP contribution in [-0.2, 0) is 0 Å². The van der Waals surface area contributed by atoms with Gasteiger partial charge in [-0.25, -0.2) is 4.68 Å². The molecule has 0 fully saturated rings. The van der Waals surface area contributed by atoms with E-state index in [0.717, 1.165) is 5.69 Å². The molecule has 5 nitrogen and oxygen atoms in total. The Kier molecular flexibility index (Phi) is 4.17. The molecule has 1 aromatic carbocycles. The fourth-order valence-corrected chi connectivity index (χ4v) is 1.86. The zero-order valence-corrected chi connectivity index (χ0v) is 11.6. The number of benzene rings is 1.